The molecule has 100 valence electrons. The van der Waals surface area contributed by atoms with Crippen molar-refractivity contribution in [1.29, 1.82) is 0 Å². The molecule has 0 heterocycles. The predicted molar refractivity (Wildman–Crippen MR) is 74.5 cm³/mol. The van der Waals surface area contributed by atoms with Crippen LogP contribution >= 0.6 is 15.9 Å². The van der Waals surface area contributed by atoms with Gasteiger partial charge in [-0.15, -0.1) is 0 Å². The van der Waals surface area contributed by atoms with E-state index in [1.54, 1.807) is 4.90 Å². The van der Waals surface area contributed by atoms with Crippen LogP contribution in [0.4, 0.5) is 0 Å². The lowest BCUT2D eigenvalue weighted by Gasteiger charge is -2.21. The molecule has 4 nitrogen and oxygen atoms in total. The molecule has 1 aliphatic carbocycles. The number of aliphatic carboxylic acids is 1. The highest BCUT2D eigenvalue weighted by atomic mass is 79.9. The van der Waals surface area contributed by atoms with Gasteiger partial charge in [0.15, 0.2) is 0 Å². The highest BCUT2D eigenvalue weighted by Gasteiger charge is 2.31. The van der Waals surface area contributed by atoms with Crippen LogP contribution < -0.4 is 0 Å². The van der Waals surface area contributed by atoms with Crippen LogP contribution in [0.25, 0.3) is 0 Å². The van der Waals surface area contributed by atoms with Gasteiger partial charge in [0.2, 0.25) is 5.91 Å². The van der Waals surface area contributed by atoms with E-state index in [4.69, 9.17) is 5.11 Å². The number of rotatable bonds is 5. The van der Waals surface area contributed by atoms with Crippen LogP contribution in [0.15, 0.2) is 40.9 Å². The number of carboxylic acid groups (broad SMARTS) is 1. The first kappa shape index (κ1) is 13.8. The van der Waals surface area contributed by atoms with E-state index in [0.29, 0.717) is 6.54 Å². The molecule has 0 aliphatic heterocycles. The van der Waals surface area contributed by atoms with Crippen LogP contribution in [0.3, 0.4) is 0 Å². The molecule has 1 aromatic carbocycles. The molecule has 0 radical (unpaired) electrons. The van der Waals surface area contributed by atoms with Gasteiger partial charge in [-0.25, -0.2) is 4.79 Å². The second-order valence-corrected chi connectivity index (χ2v) is 5.31. The number of hydrogen-bond acceptors (Lipinski definition) is 2. The average Bonchev–Trinajstić information content (AvgIpc) is 3.19. The third-order valence-electron chi connectivity index (χ3n) is 2.94. The molecule has 0 unspecified atom stereocenters. The van der Waals surface area contributed by atoms with Crippen molar-refractivity contribution in [3.63, 3.8) is 0 Å². The maximum atomic E-state index is 12.0. The first-order chi connectivity index (χ1) is 9.08. The number of carbonyl (C=O) groups is 2. The minimum atomic E-state index is -1.11. The van der Waals surface area contributed by atoms with E-state index in [0.717, 1.165) is 35.0 Å². The fourth-order valence-electron chi connectivity index (χ4n) is 1.82. The summed E-state index contributed by atoms with van der Waals surface area (Å²) in [6.07, 6.45) is 3.98. The number of carboxylic acids is 1. The summed E-state index contributed by atoms with van der Waals surface area (Å²) in [5.41, 5.74) is 1.02. The minimum absolute atomic E-state index is 0.234. The summed E-state index contributed by atoms with van der Waals surface area (Å²) in [5.74, 6) is -1.36. The fraction of sp³-hybridized carbons (Fsp3) is 0.286. The van der Waals surface area contributed by atoms with E-state index in [-0.39, 0.29) is 11.9 Å². The maximum Gasteiger partial charge on any atom is 0.328 e. The number of hydrogen-bond donors (Lipinski definition) is 1. The van der Waals surface area contributed by atoms with E-state index in [1.165, 1.54) is 0 Å². The lowest BCUT2D eigenvalue weighted by molar-refractivity contribution is -0.132. The Labute approximate surface area is 119 Å². The van der Waals surface area contributed by atoms with Crippen LogP contribution in [-0.2, 0) is 16.1 Å². The molecule has 19 heavy (non-hydrogen) atoms. The first-order valence-electron chi connectivity index (χ1n) is 6.03. The zero-order valence-electron chi connectivity index (χ0n) is 10.3. The molecule has 2 rings (SSSR count). The van der Waals surface area contributed by atoms with Gasteiger partial charge in [0, 0.05) is 29.2 Å². The monoisotopic (exact) mass is 323 g/mol. The molecule has 0 aromatic heterocycles. The van der Waals surface area contributed by atoms with Gasteiger partial charge < -0.3 is 10.0 Å². The molecule has 5 heteroatoms. The lowest BCUT2D eigenvalue weighted by Crippen LogP contribution is -2.31. The molecule has 1 N–H and O–H groups in total. The second kappa shape index (κ2) is 6.02. The molecule has 0 bridgehead atoms. The van der Waals surface area contributed by atoms with E-state index in [2.05, 4.69) is 15.9 Å². The Morgan fingerprint density at radius 3 is 2.58 bits per heavy atom. The Balaban J connectivity index is 2.11. The highest BCUT2D eigenvalue weighted by molar-refractivity contribution is 9.10. The van der Waals surface area contributed by atoms with Gasteiger partial charge in [-0.3, -0.25) is 4.79 Å². The van der Waals surface area contributed by atoms with Crippen molar-refractivity contribution < 1.29 is 14.7 Å². The van der Waals surface area contributed by atoms with Crippen molar-refractivity contribution in [3.8, 4) is 0 Å². The molecule has 1 aromatic rings. The Morgan fingerprint density at radius 2 is 2.00 bits per heavy atom. The number of carbonyl (C=O) groups excluding carboxylic acids is 1. The van der Waals surface area contributed by atoms with Gasteiger partial charge in [0.05, 0.1) is 0 Å². The molecule has 0 saturated heterocycles. The van der Waals surface area contributed by atoms with Crippen molar-refractivity contribution in [2.24, 2.45) is 0 Å². The molecule has 1 saturated carbocycles. The normalized spacial score (nSPS) is 14.6. The van der Waals surface area contributed by atoms with Gasteiger partial charge >= 0.3 is 5.97 Å². The zero-order valence-corrected chi connectivity index (χ0v) is 11.8. The molecular weight excluding hydrogens is 310 g/mol. The van der Waals surface area contributed by atoms with Crippen LogP contribution in [-0.4, -0.2) is 27.9 Å². The molecule has 1 aliphatic rings. The van der Waals surface area contributed by atoms with Crippen LogP contribution in [0, 0.1) is 0 Å². The largest absolute Gasteiger partial charge is 0.478 e. The Hall–Kier alpha value is -1.62. The minimum Gasteiger partial charge on any atom is -0.478 e. The second-order valence-electron chi connectivity index (χ2n) is 4.46. The molecule has 1 amide bonds. The summed E-state index contributed by atoms with van der Waals surface area (Å²) in [6.45, 7) is 0.495. The average molecular weight is 324 g/mol. The number of halogens is 1. The summed E-state index contributed by atoms with van der Waals surface area (Å²) >= 11 is 3.46. The Morgan fingerprint density at radius 1 is 1.32 bits per heavy atom. The summed E-state index contributed by atoms with van der Waals surface area (Å²) in [7, 11) is 0. The van der Waals surface area contributed by atoms with Gasteiger partial charge in [-0.2, -0.15) is 0 Å². The summed E-state index contributed by atoms with van der Waals surface area (Å²) in [6, 6.07) is 7.95. The molecule has 0 spiro atoms. The standard InChI is InChI=1S/C14H14BrNO3/c15-12-4-2-1-3-10(12)9-16(11-5-6-11)13(17)7-8-14(18)19/h1-4,7-8,11H,5-6,9H2,(H,18,19)/b8-7+. The SMILES string of the molecule is O=C(O)/C=C/C(=O)N(Cc1ccccc1Br)C1CC1. The van der Waals surface area contributed by atoms with Gasteiger partial charge in [0.25, 0.3) is 0 Å². The van der Waals surface area contributed by atoms with Crippen molar-refractivity contribution >= 4 is 27.8 Å². The van der Waals surface area contributed by atoms with Crippen LogP contribution in [0.1, 0.15) is 18.4 Å². The number of benzene rings is 1. The molecular formula is C14H14BrNO3. The zero-order chi connectivity index (χ0) is 13.8. The predicted octanol–water partition coefficient (Wildman–Crippen LogP) is 2.58. The maximum absolute atomic E-state index is 12.0. The van der Waals surface area contributed by atoms with E-state index in [1.807, 2.05) is 24.3 Å². The summed E-state index contributed by atoms with van der Waals surface area (Å²) in [4.78, 5) is 24.2. The highest BCUT2D eigenvalue weighted by Crippen LogP contribution is 2.30. The summed E-state index contributed by atoms with van der Waals surface area (Å²) < 4.78 is 0.954. The summed E-state index contributed by atoms with van der Waals surface area (Å²) in [5, 5.41) is 8.57. The van der Waals surface area contributed by atoms with Gasteiger partial charge in [-0.1, -0.05) is 34.1 Å². The van der Waals surface area contributed by atoms with Crippen LogP contribution in [0.5, 0.6) is 0 Å². The quantitative estimate of drug-likeness (QED) is 0.847. The Kier molecular flexibility index (Phi) is 4.37. The van der Waals surface area contributed by atoms with Crippen molar-refractivity contribution in [2.45, 2.75) is 25.4 Å². The van der Waals surface area contributed by atoms with Crippen molar-refractivity contribution in [2.75, 3.05) is 0 Å². The Bertz CT molecular complexity index is 523. The third kappa shape index (κ3) is 3.92. The third-order valence-corrected chi connectivity index (χ3v) is 3.71. The molecule has 1 fully saturated rings. The van der Waals surface area contributed by atoms with Crippen LogP contribution in [0.2, 0.25) is 0 Å². The number of nitrogens with zero attached hydrogens (tertiary/aromatic N) is 1. The van der Waals surface area contributed by atoms with Gasteiger partial charge in [0.1, 0.15) is 0 Å². The lowest BCUT2D eigenvalue weighted by atomic mass is 10.2. The fourth-order valence-corrected chi connectivity index (χ4v) is 2.23. The van der Waals surface area contributed by atoms with E-state index < -0.39 is 5.97 Å². The number of amides is 1. The van der Waals surface area contributed by atoms with Crippen molar-refractivity contribution in [1.82, 2.24) is 4.90 Å². The first-order valence-corrected chi connectivity index (χ1v) is 6.82. The topological polar surface area (TPSA) is 57.6 Å². The van der Waals surface area contributed by atoms with E-state index >= 15 is 0 Å². The van der Waals surface area contributed by atoms with Gasteiger partial charge in [-0.05, 0) is 24.5 Å². The van der Waals surface area contributed by atoms with E-state index in [9.17, 15) is 9.59 Å². The van der Waals surface area contributed by atoms with Crippen molar-refractivity contribution in [3.05, 3.63) is 46.5 Å². The smallest absolute Gasteiger partial charge is 0.328 e. The molecule has 0 atom stereocenters.